The Labute approximate surface area is 120 Å². The van der Waals surface area contributed by atoms with Gasteiger partial charge in [0.05, 0.1) is 12.0 Å². The number of benzene rings is 1. The average Bonchev–Trinajstić information content (AvgIpc) is 3.13. The Morgan fingerprint density at radius 1 is 0.895 bits per heavy atom. The Morgan fingerprint density at radius 2 is 1.47 bits per heavy atom. The van der Waals surface area contributed by atoms with Crippen LogP contribution in [0.1, 0.15) is 27.3 Å². The first-order chi connectivity index (χ1) is 9.36. The van der Waals surface area contributed by atoms with E-state index in [4.69, 9.17) is 0 Å². The number of thiophene rings is 2. The van der Waals surface area contributed by atoms with Crippen LogP contribution in [0.25, 0.3) is 0 Å². The molecule has 3 heteroatoms. The first-order valence-electron chi connectivity index (χ1n) is 6.07. The Kier molecular flexibility index (Phi) is 3.78. The van der Waals surface area contributed by atoms with Crippen molar-refractivity contribution in [1.29, 1.82) is 0 Å². The summed E-state index contributed by atoms with van der Waals surface area (Å²) in [7, 11) is 0. The number of aliphatic hydroxyl groups is 1. The van der Waals surface area contributed by atoms with Gasteiger partial charge < -0.3 is 5.11 Å². The van der Waals surface area contributed by atoms with Gasteiger partial charge in [-0.3, -0.25) is 0 Å². The Bertz CT molecular complexity index is 565. The molecule has 0 bridgehead atoms. The largest absolute Gasteiger partial charge is 0.387 e. The van der Waals surface area contributed by atoms with Crippen molar-refractivity contribution in [1.82, 2.24) is 0 Å². The number of hydrogen-bond donors (Lipinski definition) is 1. The van der Waals surface area contributed by atoms with E-state index in [2.05, 4.69) is 29.0 Å². The standard InChI is InChI=1S/C16H13OS2/c17-16(12-6-2-1-3-7-12)15(13-8-4-10-18-13)14-9-5-11-19-14/h2-11,15-17H. The Morgan fingerprint density at radius 3 is 1.95 bits per heavy atom. The SMILES string of the molecule is OC(c1cc[c]cc1)C(c1cccs1)c1cccs1. The summed E-state index contributed by atoms with van der Waals surface area (Å²) in [6.45, 7) is 0. The zero-order chi connectivity index (χ0) is 13.1. The maximum atomic E-state index is 10.7. The molecule has 2 aromatic heterocycles. The van der Waals surface area contributed by atoms with Gasteiger partial charge in [0.1, 0.15) is 0 Å². The highest BCUT2D eigenvalue weighted by molar-refractivity contribution is 7.11. The molecule has 0 spiro atoms. The highest BCUT2D eigenvalue weighted by Gasteiger charge is 2.26. The van der Waals surface area contributed by atoms with Gasteiger partial charge in [0.25, 0.3) is 0 Å². The zero-order valence-electron chi connectivity index (χ0n) is 10.2. The van der Waals surface area contributed by atoms with E-state index in [9.17, 15) is 5.11 Å². The van der Waals surface area contributed by atoms with Gasteiger partial charge in [0, 0.05) is 9.75 Å². The third kappa shape index (κ3) is 2.63. The van der Waals surface area contributed by atoms with E-state index in [1.165, 1.54) is 9.75 Å². The van der Waals surface area contributed by atoms with Crippen LogP contribution in [0.4, 0.5) is 0 Å². The lowest BCUT2D eigenvalue weighted by Crippen LogP contribution is -2.10. The monoisotopic (exact) mass is 285 g/mol. The molecule has 1 atom stereocenters. The van der Waals surface area contributed by atoms with Gasteiger partial charge in [-0.1, -0.05) is 36.4 Å². The number of aliphatic hydroxyl groups excluding tert-OH is 1. The van der Waals surface area contributed by atoms with Crippen molar-refractivity contribution in [2.45, 2.75) is 12.0 Å². The predicted molar refractivity (Wildman–Crippen MR) is 80.7 cm³/mol. The van der Waals surface area contributed by atoms with Crippen LogP contribution >= 0.6 is 22.7 Å². The van der Waals surface area contributed by atoms with Crippen LogP contribution < -0.4 is 0 Å². The van der Waals surface area contributed by atoms with Crippen molar-refractivity contribution in [3.05, 3.63) is 80.7 Å². The summed E-state index contributed by atoms with van der Waals surface area (Å²) >= 11 is 3.38. The molecule has 3 rings (SSSR count). The van der Waals surface area contributed by atoms with E-state index in [0.717, 1.165) is 5.56 Å². The second-order valence-electron chi connectivity index (χ2n) is 4.29. The first-order valence-corrected chi connectivity index (χ1v) is 7.83. The van der Waals surface area contributed by atoms with Gasteiger partial charge >= 0.3 is 0 Å². The molecule has 19 heavy (non-hydrogen) atoms. The quantitative estimate of drug-likeness (QED) is 0.749. The molecule has 2 heterocycles. The van der Waals surface area contributed by atoms with Crippen molar-refractivity contribution in [2.24, 2.45) is 0 Å². The minimum Gasteiger partial charge on any atom is -0.387 e. The Hall–Kier alpha value is -1.42. The van der Waals surface area contributed by atoms with Gasteiger partial charge in [-0.05, 0) is 34.5 Å². The molecule has 3 aromatic rings. The maximum absolute atomic E-state index is 10.7. The molecule has 1 N–H and O–H groups in total. The summed E-state index contributed by atoms with van der Waals surface area (Å²) in [6.07, 6.45) is -0.521. The third-order valence-electron chi connectivity index (χ3n) is 3.10. The van der Waals surface area contributed by atoms with Crippen molar-refractivity contribution < 1.29 is 5.11 Å². The van der Waals surface area contributed by atoms with Gasteiger partial charge in [0.2, 0.25) is 0 Å². The lowest BCUT2D eigenvalue weighted by Gasteiger charge is -2.21. The molecular formula is C16H13OS2. The molecular weight excluding hydrogens is 272 g/mol. The number of rotatable bonds is 4. The molecule has 1 nitrogen and oxygen atoms in total. The third-order valence-corrected chi connectivity index (χ3v) is 5.01. The normalized spacial score (nSPS) is 12.7. The Balaban J connectivity index is 2.01. The maximum Gasteiger partial charge on any atom is 0.0915 e. The summed E-state index contributed by atoms with van der Waals surface area (Å²) in [6, 6.07) is 18.8. The van der Waals surface area contributed by atoms with Gasteiger partial charge in [-0.2, -0.15) is 0 Å². The molecule has 95 valence electrons. The molecule has 0 fully saturated rings. The van der Waals surface area contributed by atoms with Crippen molar-refractivity contribution in [3.8, 4) is 0 Å². The highest BCUT2D eigenvalue weighted by atomic mass is 32.1. The molecule has 1 aromatic carbocycles. The predicted octanol–water partition coefficient (Wildman–Crippen LogP) is 4.48. The van der Waals surface area contributed by atoms with Crippen LogP contribution in [0.5, 0.6) is 0 Å². The van der Waals surface area contributed by atoms with Crippen molar-refractivity contribution in [3.63, 3.8) is 0 Å². The first kappa shape index (κ1) is 12.6. The van der Waals surface area contributed by atoms with E-state index in [0.29, 0.717) is 0 Å². The van der Waals surface area contributed by atoms with E-state index in [1.54, 1.807) is 22.7 Å². The lowest BCUT2D eigenvalue weighted by atomic mass is 9.93. The van der Waals surface area contributed by atoms with Crippen LogP contribution in [-0.2, 0) is 0 Å². The minimum atomic E-state index is -0.521. The summed E-state index contributed by atoms with van der Waals surface area (Å²) < 4.78 is 0. The summed E-state index contributed by atoms with van der Waals surface area (Å²) in [5, 5.41) is 14.8. The van der Waals surface area contributed by atoms with Crippen LogP contribution in [0.15, 0.2) is 59.3 Å². The van der Waals surface area contributed by atoms with Crippen LogP contribution in [0.3, 0.4) is 0 Å². The van der Waals surface area contributed by atoms with Crippen molar-refractivity contribution in [2.75, 3.05) is 0 Å². The zero-order valence-corrected chi connectivity index (χ0v) is 11.8. The van der Waals surface area contributed by atoms with E-state index < -0.39 is 6.10 Å². The van der Waals surface area contributed by atoms with Gasteiger partial charge in [-0.15, -0.1) is 22.7 Å². The van der Waals surface area contributed by atoms with Crippen LogP contribution in [0.2, 0.25) is 0 Å². The molecule has 1 radical (unpaired) electrons. The molecule has 0 amide bonds. The smallest absolute Gasteiger partial charge is 0.0915 e. The second kappa shape index (κ2) is 5.70. The van der Waals surface area contributed by atoms with Crippen molar-refractivity contribution >= 4 is 22.7 Å². The lowest BCUT2D eigenvalue weighted by molar-refractivity contribution is 0.161. The van der Waals surface area contributed by atoms with Gasteiger partial charge in [-0.25, -0.2) is 0 Å². The topological polar surface area (TPSA) is 20.2 Å². The van der Waals surface area contributed by atoms with Crippen LogP contribution in [0, 0.1) is 6.07 Å². The minimum absolute atomic E-state index is 0.0161. The molecule has 0 saturated carbocycles. The summed E-state index contributed by atoms with van der Waals surface area (Å²) in [5.74, 6) is 0.0161. The molecule has 1 unspecified atom stereocenters. The van der Waals surface area contributed by atoms with Gasteiger partial charge in [0.15, 0.2) is 0 Å². The fourth-order valence-corrected chi connectivity index (χ4v) is 4.00. The molecule has 0 aliphatic rings. The fourth-order valence-electron chi connectivity index (χ4n) is 2.18. The average molecular weight is 285 g/mol. The summed E-state index contributed by atoms with van der Waals surface area (Å²) in [5.41, 5.74) is 0.936. The summed E-state index contributed by atoms with van der Waals surface area (Å²) in [4.78, 5) is 2.39. The highest BCUT2D eigenvalue weighted by Crippen LogP contribution is 2.40. The molecule has 0 aliphatic carbocycles. The van der Waals surface area contributed by atoms with E-state index in [-0.39, 0.29) is 5.92 Å². The second-order valence-corrected chi connectivity index (χ2v) is 6.25. The molecule has 0 aliphatic heterocycles. The fraction of sp³-hybridized carbons (Fsp3) is 0.125. The van der Waals surface area contributed by atoms with Crippen LogP contribution in [-0.4, -0.2) is 5.11 Å². The van der Waals surface area contributed by atoms with E-state index >= 15 is 0 Å². The molecule has 0 saturated heterocycles. The van der Waals surface area contributed by atoms with E-state index in [1.807, 2.05) is 36.4 Å². The number of hydrogen-bond acceptors (Lipinski definition) is 3.